The van der Waals surface area contributed by atoms with Gasteiger partial charge in [0, 0.05) is 5.41 Å². The van der Waals surface area contributed by atoms with Gasteiger partial charge in [-0.25, -0.2) is 14.6 Å². The number of fused-ring (bicyclic) bond motifs is 2. The average Bonchev–Trinajstić information content (AvgIpc) is 2.64. The molecule has 5 heteroatoms. The largest absolute Gasteiger partial charge is 0.466 e. The molecular formula is C16H24O5. The van der Waals surface area contributed by atoms with Crippen LogP contribution in [0, 0.1) is 17.3 Å². The van der Waals surface area contributed by atoms with Gasteiger partial charge in [-0.15, -0.1) is 0 Å². The molecule has 4 aliphatic rings. The van der Waals surface area contributed by atoms with Crippen LogP contribution in [0.2, 0.25) is 0 Å². The first-order chi connectivity index (χ1) is 9.85. The van der Waals surface area contributed by atoms with Gasteiger partial charge in [-0.2, -0.15) is 0 Å². The van der Waals surface area contributed by atoms with Crippen LogP contribution in [0.25, 0.3) is 0 Å². The third kappa shape index (κ3) is 1.84. The van der Waals surface area contributed by atoms with E-state index in [4.69, 9.17) is 14.5 Å². The zero-order valence-corrected chi connectivity index (χ0v) is 13.1. The van der Waals surface area contributed by atoms with Crippen LogP contribution >= 0.6 is 0 Å². The molecule has 1 N–H and O–H groups in total. The van der Waals surface area contributed by atoms with Gasteiger partial charge in [0.2, 0.25) is 0 Å². The summed E-state index contributed by atoms with van der Waals surface area (Å²) in [6.45, 7) is 6.43. The van der Waals surface area contributed by atoms with E-state index in [0.717, 1.165) is 12.8 Å². The number of esters is 1. The van der Waals surface area contributed by atoms with Crippen LogP contribution in [-0.4, -0.2) is 36.0 Å². The monoisotopic (exact) mass is 296 g/mol. The second-order valence-electron chi connectivity index (χ2n) is 7.17. The molecule has 2 aliphatic heterocycles. The zero-order chi connectivity index (χ0) is 15.4. The van der Waals surface area contributed by atoms with Crippen molar-refractivity contribution in [1.82, 2.24) is 0 Å². The number of carbonyl (C=O) groups is 1. The number of carbonyl (C=O) groups excluding carboxylic acids is 1. The van der Waals surface area contributed by atoms with Crippen molar-refractivity contribution in [3.8, 4) is 0 Å². The highest BCUT2D eigenvalue weighted by Gasteiger charge is 2.68. The fourth-order valence-corrected chi connectivity index (χ4v) is 4.67. The Balaban J connectivity index is 2.09. The Bertz CT molecular complexity index is 485. The summed E-state index contributed by atoms with van der Waals surface area (Å²) in [6, 6.07) is 0. The first-order valence-corrected chi connectivity index (χ1v) is 7.68. The molecule has 5 atom stereocenters. The molecule has 0 radical (unpaired) electrons. The van der Waals surface area contributed by atoms with Crippen LogP contribution in [0.3, 0.4) is 0 Å². The highest BCUT2D eigenvalue weighted by atomic mass is 17.2. The molecule has 0 unspecified atom stereocenters. The molecule has 0 aromatic carbocycles. The summed E-state index contributed by atoms with van der Waals surface area (Å²) in [5.74, 6) is 0.116. The van der Waals surface area contributed by atoms with E-state index in [1.165, 1.54) is 7.11 Å². The molecule has 5 nitrogen and oxygen atoms in total. The molecule has 21 heavy (non-hydrogen) atoms. The van der Waals surface area contributed by atoms with E-state index < -0.39 is 23.8 Å². The van der Waals surface area contributed by atoms with Gasteiger partial charge in [0.05, 0.1) is 12.7 Å². The Labute approximate surface area is 125 Å². The van der Waals surface area contributed by atoms with E-state index in [9.17, 15) is 9.90 Å². The normalized spacial score (nSPS) is 45.2. The van der Waals surface area contributed by atoms with Crippen LogP contribution in [0.15, 0.2) is 11.6 Å². The van der Waals surface area contributed by atoms with Gasteiger partial charge in [-0.05, 0) is 37.2 Å². The van der Waals surface area contributed by atoms with Gasteiger partial charge in [0.1, 0.15) is 17.8 Å². The Morgan fingerprint density at radius 2 is 2.24 bits per heavy atom. The molecule has 0 aromatic rings. The Morgan fingerprint density at radius 3 is 2.86 bits per heavy atom. The average molecular weight is 296 g/mol. The molecule has 1 saturated heterocycles. The summed E-state index contributed by atoms with van der Waals surface area (Å²) < 4.78 is 4.82. The second-order valence-corrected chi connectivity index (χ2v) is 7.17. The van der Waals surface area contributed by atoms with E-state index in [1.807, 2.05) is 0 Å². The maximum absolute atomic E-state index is 12.0. The predicted octanol–water partition coefficient (Wildman–Crippen LogP) is 1.99. The number of aliphatic hydroxyl groups is 1. The lowest BCUT2D eigenvalue weighted by Gasteiger charge is -2.51. The highest BCUT2D eigenvalue weighted by Crippen LogP contribution is 2.62. The highest BCUT2D eigenvalue weighted by molar-refractivity contribution is 5.89. The van der Waals surface area contributed by atoms with Crippen LogP contribution in [0.5, 0.6) is 0 Å². The zero-order valence-electron chi connectivity index (χ0n) is 13.1. The van der Waals surface area contributed by atoms with Gasteiger partial charge in [-0.1, -0.05) is 20.8 Å². The van der Waals surface area contributed by atoms with Gasteiger partial charge in [-0.3, -0.25) is 0 Å². The maximum atomic E-state index is 12.0. The van der Waals surface area contributed by atoms with Crippen molar-refractivity contribution in [2.75, 3.05) is 7.11 Å². The van der Waals surface area contributed by atoms with Gasteiger partial charge in [0.15, 0.2) is 0 Å². The Hall–Kier alpha value is -0.910. The molecule has 118 valence electrons. The molecule has 1 saturated carbocycles. The first kappa shape index (κ1) is 15.0. The molecular weight excluding hydrogens is 272 g/mol. The number of hydrogen-bond acceptors (Lipinski definition) is 5. The summed E-state index contributed by atoms with van der Waals surface area (Å²) in [5, 5.41) is 10.8. The van der Waals surface area contributed by atoms with Gasteiger partial charge < -0.3 is 9.84 Å². The third-order valence-corrected chi connectivity index (χ3v) is 5.79. The maximum Gasteiger partial charge on any atom is 0.336 e. The van der Waals surface area contributed by atoms with E-state index in [1.54, 1.807) is 6.08 Å². The SMILES string of the molecule is COC(=O)C1=C[C@H](O)[C@]23OO[C@H]1C[C@@]2(C)CC[C@@H]3C(C)C. The second kappa shape index (κ2) is 4.80. The number of aliphatic hydroxyl groups excluding tert-OH is 1. The van der Waals surface area contributed by atoms with Crippen LogP contribution in [0.1, 0.15) is 40.0 Å². The van der Waals surface area contributed by atoms with Gasteiger partial charge >= 0.3 is 5.97 Å². The molecule has 0 aromatic heterocycles. The minimum absolute atomic E-state index is 0.198. The summed E-state index contributed by atoms with van der Waals surface area (Å²) in [5.41, 5.74) is -0.593. The summed E-state index contributed by atoms with van der Waals surface area (Å²) in [6.07, 6.45) is 2.92. The van der Waals surface area contributed by atoms with Crippen LogP contribution in [0.4, 0.5) is 0 Å². The lowest BCUT2D eigenvalue weighted by Crippen LogP contribution is -2.60. The Morgan fingerprint density at radius 1 is 1.52 bits per heavy atom. The lowest BCUT2D eigenvalue weighted by atomic mass is 9.65. The first-order valence-electron chi connectivity index (χ1n) is 7.68. The van der Waals surface area contributed by atoms with Crippen molar-refractivity contribution in [3.63, 3.8) is 0 Å². The van der Waals surface area contributed by atoms with Crippen molar-refractivity contribution >= 4 is 5.97 Å². The van der Waals surface area contributed by atoms with Crippen LogP contribution < -0.4 is 0 Å². The van der Waals surface area contributed by atoms with Crippen molar-refractivity contribution < 1.29 is 24.4 Å². The quantitative estimate of drug-likeness (QED) is 0.623. The molecule has 2 bridgehead atoms. The van der Waals surface area contributed by atoms with Crippen molar-refractivity contribution in [2.24, 2.45) is 17.3 Å². The molecule has 1 spiro atoms. The standard InChI is InChI=1S/C16H24O5/c1-9(2)11-5-6-15(3)8-12-10(14(18)19-4)7-13(17)16(11,15)21-20-12/h7,9,11-13,17H,5-6,8H2,1-4H3/t11-,12+,13+,15-,16+/m1/s1. The molecule has 4 rings (SSSR count). The minimum Gasteiger partial charge on any atom is -0.466 e. The van der Waals surface area contributed by atoms with Crippen LogP contribution in [-0.2, 0) is 19.3 Å². The van der Waals surface area contributed by atoms with Crippen molar-refractivity contribution in [3.05, 3.63) is 11.6 Å². The number of rotatable bonds is 2. The fraction of sp³-hybridized carbons (Fsp3) is 0.812. The predicted molar refractivity (Wildman–Crippen MR) is 75.1 cm³/mol. The lowest BCUT2D eigenvalue weighted by molar-refractivity contribution is -0.445. The molecule has 0 amide bonds. The van der Waals surface area contributed by atoms with E-state index in [2.05, 4.69) is 20.8 Å². The van der Waals surface area contributed by atoms with E-state index >= 15 is 0 Å². The van der Waals surface area contributed by atoms with E-state index in [0.29, 0.717) is 17.9 Å². The van der Waals surface area contributed by atoms with Gasteiger partial charge in [0.25, 0.3) is 0 Å². The Kier molecular flexibility index (Phi) is 3.43. The molecule has 2 heterocycles. The van der Waals surface area contributed by atoms with Crippen molar-refractivity contribution in [1.29, 1.82) is 0 Å². The summed E-state index contributed by atoms with van der Waals surface area (Å²) >= 11 is 0. The smallest absolute Gasteiger partial charge is 0.336 e. The molecule has 2 fully saturated rings. The summed E-state index contributed by atoms with van der Waals surface area (Å²) in [7, 11) is 1.34. The number of ether oxygens (including phenoxy) is 1. The minimum atomic E-state index is -0.862. The topological polar surface area (TPSA) is 65.0 Å². The summed E-state index contributed by atoms with van der Waals surface area (Å²) in [4.78, 5) is 23.3. The molecule has 2 aliphatic carbocycles. The third-order valence-electron chi connectivity index (χ3n) is 5.79. The fourth-order valence-electron chi connectivity index (χ4n) is 4.67. The number of methoxy groups -OCH3 is 1. The number of hydrogen-bond donors (Lipinski definition) is 1. The van der Waals surface area contributed by atoms with E-state index in [-0.39, 0.29) is 11.3 Å². The van der Waals surface area contributed by atoms with Crippen molar-refractivity contribution in [2.45, 2.75) is 57.8 Å².